The lowest BCUT2D eigenvalue weighted by atomic mass is 10.1. The van der Waals surface area contributed by atoms with Crippen LogP contribution in [-0.4, -0.2) is 10.9 Å². The van der Waals surface area contributed by atoms with Crippen LogP contribution in [0.25, 0.3) is 17.4 Å². The van der Waals surface area contributed by atoms with Gasteiger partial charge in [-0.3, -0.25) is 4.79 Å². The molecule has 0 spiro atoms. The molecule has 0 bridgehead atoms. The summed E-state index contributed by atoms with van der Waals surface area (Å²) in [4.78, 5) is 15.9. The Balaban J connectivity index is 1.70. The van der Waals surface area contributed by atoms with Crippen LogP contribution < -0.4 is 5.32 Å². The standard InChI is InChI=1S/C19H14Cl2N2O2/c1-12-4-5-13(11-15(12)20)17-8-6-14(25-17)7-9-18(24)23-16-3-2-10-22-19(16)21/h2-11H,1H3,(H,23,24)/b9-7+. The molecular formula is C19H14Cl2N2O2. The van der Waals surface area contributed by atoms with Gasteiger partial charge in [-0.2, -0.15) is 0 Å². The number of nitrogens with zero attached hydrogens (tertiary/aromatic N) is 1. The van der Waals surface area contributed by atoms with E-state index < -0.39 is 0 Å². The van der Waals surface area contributed by atoms with Crippen molar-refractivity contribution in [3.8, 4) is 11.3 Å². The maximum Gasteiger partial charge on any atom is 0.248 e. The van der Waals surface area contributed by atoms with E-state index in [0.29, 0.717) is 22.2 Å². The first-order chi connectivity index (χ1) is 12.0. The number of hydrogen-bond donors (Lipinski definition) is 1. The van der Waals surface area contributed by atoms with Gasteiger partial charge in [0, 0.05) is 22.9 Å². The maximum atomic E-state index is 12.0. The third-order valence-corrected chi connectivity index (χ3v) is 4.21. The summed E-state index contributed by atoms with van der Waals surface area (Å²) in [6.45, 7) is 1.94. The first-order valence-electron chi connectivity index (χ1n) is 7.49. The largest absolute Gasteiger partial charge is 0.457 e. The van der Waals surface area contributed by atoms with Crippen molar-refractivity contribution in [2.24, 2.45) is 0 Å². The van der Waals surface area contributed by atoms with Crippen LogP contribution in [0.1, 0.15) is 11.3 Å². The second-order valence-electron chi connectivity index (χ2n) is 5.33. The van der Waals surface area contributed by atoms with Crippen molar-refractivity contribution in [2.45, 2.75) is 6.92 Å². The summed E-state index contributed by atoms with van der Waals surface area (Å²) < 4.78 is 5.73. The number of furan rings is 1. The highest BCUT2D eigenvalue weighted by Gasteiger charge is 2.06. The quantitative estimate of drug-likeness (QED) is 0.478. The molecule has 126 valence electrons. The van der Waals surface area contributed by atoms with Gasteiger partial charge in [-0.05, 0) is 48.9 Å². The van der Waals surface area contributed by atoms with Crippen molar-refractivity contribution in [1.82, 2.24) is 4.98 Å². The van der Waals surface area contributed by atoms with Crippen LogP contribution in [-0.2, 0) is 4.79 Å². The molecular weight excluding hydrogens is 359 g/mol. The lowest BCUT2D eigenvalue weighted by molar-refractivity contribution is -0.111. The molecule has 2 heterocycles. The van der Waals surface area contributed by atoms with Gasteiger partial charge in [-0.25, -0.2) is 4.98 Å². The summed E-state index contributed by atoms with van der Waals surface area (Å²) in [7, 11) is 0. The first kappa shape index (κ1) is 17.3. The Bertz CT molecular complexity index is 948. The van der Waals surface area contributed by atoms with E-state index in [1.165, 1.54) is 6.08 Å². The third kappa shape index (κ3) is 4.29. The Morgan fingerprint density at radius 1 is 1.20 bits per heavy atom. The smallest absolute Gasteiger partial charge is 0.248 e. The van der Waals surface area contributed by atoms with E-state index in [9.17, 15) is 4.79 Å². The molecule has 1 aromatic carbocycles. The predicted octanol–water partition coefficient (Wildman–Crippen LogP) is 5.61. The number of aromatic nitrogens is 1. The van der Waals surface area contributed by atoms with Gasteiger partial charge < -0.3 is 9.73 Å². The number of pyridine rings is 1. The number of rotatable bonds is 4. The average molecular weight is 373 g/mol. The fraction of sp³-hybridized carbons (Fsp3) is 0.0526. The fourth-order valence-electron chi connectivity index (χ4n) is 2.16. The highest BCUT2D eigenvalue weighted by atomic mass is 35.5. The number of hydrogen-bond acceptors (Lipinski definition) is 3. The predicted molar refractivity (Wildman–Crippen MR) is 101 cm³/mol. The van der Waals surface area contributed by atoms with Gasteiger partial charge in [0.25, 0.3) is 0 Å². The van der Waals surface area contributed by atoms with E-state index in [1.54, 1.807) is 30.5 Å². The SMILES string of the molecule is Cc1ccc(-c2ccc(/C=C/C(=O)Nc3cccnc3Cl)o2)cc1Cl. The molecule has 0 aliphatic rings. The number of nitrogens with one attached hydrogen (secondary N) is 1. The maximum absolute atomic E-state index is 12.0. The van der Waals surface area contributed by atoms with Gasteiger partial charge in [0.05, 0.1) is 5.69 Å². The van der Waals surface area contributed by atoms with E-state index in [1.807, 2.05) is 31.2 Å². The van der Waals surface area contributed by atoms with E-state index in [4.69, 9.17) is 27.6 Å². The molecule has 1 amide bonds. The number of amides is 1. The summed E-state index contributed by atoms with van der Waals surface area (Å²) in [6, 6.07) is 12.7. The molecule has 3 rings (SSSR count). The van der Waals surface area contributed by atoms with Crippen molar-refractivity contribution < 1.29 is 9.21 Å². The Labute approximate surface area is 155 Å². The Hall–Kier alpha value is -2.56. The van der Waals surface area contributed by atoms with Crippen LogP contribution in [0.2, 0.25) is 10.2 Å². The van der Waals surface area contributed by atoms with Crippen LogP contribution in [0.3, 0.4) is 0 Å². The van der Waals surface area contributed by atoms with E-state index in [2.05, 4.69) is 10.3 Å². The van der Waals surface area contributed by atoms with Crippen LogP contribution in [0.4, 0.5) is 5.69 Å². The van der Waals surface area contributed by atoms with Crippen LogP contribution >= 0.6 is 23.2 Å². The third-order valence-electron chi connectivity index (χ3n) is 3.50. The Morgan fingerprint density at radius 2 is 2.04 bits per heavy atom. The molecule has 0 aliphatic heterocycles. The fourth-order valence-corrected chi connectivity index (χ4v) is 2.50. The highest BCUT2D eigenvalue weighted by Crippen LogP contribution is 2.27. The van der Waals surface area contributed by atoms with E-state index in [0.717, 1.165) is 11.1 Å². The number of carbonyl (C=O) groups is 1. The van der Waals surface area contributed by atoms with Gasteiger partial charge in [0.15, 0.2) is 5.15 Å². The molecule has 25 heavy (non-hydrogen) atoms. The number of aryl methyl sites for hydroxylation is 1. The first-order valence-corrected chi connectivity index (χ1v) is 8.24. The van der Waals surface area contributed by atoms with Gasteiger partial charge in [0.2, 0.25) is 5.91 Å². The van der Waals surface area contributed by atoms with Crippen molar-refractivity contribution in [2.75, 3.05) is 5.32 Å². The molecule has 6 heteroatoms. The summed E-state index contributed by atoms with van der Waals surface area (Å²) in [5, 5.41) is 3.57. The lowest BCUT2D eigenvalue weighted by Crippen LogP contribution is -2.08. The van der Waals surface area contributed by atoms with Crippen molar-refractivity contribution in [3.63, 3.8) is 0 Å². The minimum absolute atomic E-state index is 0.237. The van der Waals surface area contributed by atoms with E-state index in [-0.39, 0.29) is 11.1 Å². The number of carbonyl (C=O) groups excluding carboxylic acids is 1. The summed E-state index contributed by atoms with van der Waals surface area (Å²) >= 11 is 12.0. The Morgan fingerprint density at radius 3 is 2.80 bits per heavy atom. The van der Waals surface area contributed by atoms with E-state index >= 15 is 0 Å². The van der Waals surface area contributed by atoms with Crippen LogP contribution in [0.5, 0.6) is 0 Å². The molecule has 0 fully saturated rings. The average Bonchev–Trinajstić information content (AvgIpc) is 3.07. The Kier molecular flexibility index (Phi) is 5.22. The molecule has 0 saturated carbocycles. The monoisotopic (exact) mass is 372 g/mol. The second kappa shape index (κ2) is 7.55. The van der Waals surface area contributed by atoms with Gasteiger partial charge in [0.1, 0.15) is 11.5 Å². The molecule has 0 radical (unpaired) electrons. The minimum Gasteiger partial charge on any atom is -0.457 e. The topological polar surface area (TPSA) is 55.1 Å². The minimum atomic E-state index is -0.328. The molecule has 3 aromatic rings. The molecule has 0 atom stereocenters. The van der Waals surface area contributed by atoms with Crippen molar-refractivity contribution >= 4 is 40.9 Å². The lowest BCUT2D eigenvalue weighted by Gasteiger charge is -2.02. The highest BCUT2D eigenvalue weighted by molar-refractivity contribution is 6.32. The number of halogens is 2. The second-order valence-corrected chi connectivity index (χ2v) is 6.10. The van der Waals surface area contributed by atoms with Crippen LogP contribution in [0, 0.1) is 6.92 Å². The zero-order chi connectivity index (χ0) is 17.8. The molecule has 0 saturated heterocycles. The van der Waals surface area contributed by atoms with Crippen LogP contribution in [0.15, 0.2) is 59.2 Å². The molecule has 2 aromatic heterocycles. The zero-order valence-electron chi connectivity index (χ0n) is 13.3. The summed E-state index contributed by atoms with van der Waals surface area (Å²) in [5.74, 6) is 0.905. The molecule has 0 unspecified atom stereocenters. The normalized spacial score (nSPS) is 11.0. The zero-order valence-corrected chi connectivity index (χ0v) is 14.8. The summed E-state index contributed by atoms with van der Waals surface area (Å²) in [6.07, 6.45) is 4.50. The van der Waals surface area contributed by atoms with Gasteiger partial charge in [-0.15, -0.1) is 0 Å². The van der Waals surface area contributed by atoms with Crippen molar-refractivity contribution in [1.29, 1.82) is 0 Å². The van der Waals surface area contributed by atoms with Gasteiger partial charge in [-0.1, -0.05) is 35.3 Å². The number of anilines is 1. The molecule has 4 nitrogen and oxygen atoms in total. The summed E-state index contributed by atoms with van der Waals surface area (Å²) in [5.41, 5.74) is 2.33. The van der Waals surface area contributed by atoms with Crippen molar-refractivity contribution in [3.05, 3.63) is 76.2 Å². The number of benzene rings is 1. The van der Waals surface area contributed by atoms with Gasteiger partial charge >= 0.3 is 0 Å². The molecule has 0 aliphatic carbocycles. The molecule has 1 N–H and O–H groups in total.